The minimum Gasteiger partial charge on any atom is -0.466 e. The fourth-order valence-electron chi connectivity index (χ4n) is 0.978. The average molecular weight is 208 g/mol. The molecule has 0 saturated heterocycles. The van der Waals surface area contributed by atoms with E-state index in [1.54, 1.807) is 0 Å². The molecule has 0 heterocycles. The van der Waals surface area contributed by atoms with Gasteiger partial charge in [-0.25, -0.2) is 9.18 Å². The van der Waals surface area contributed by atoms with Crippen LogP contribution in [-0.2, 0) is 9.53 Å². The Morgan fingerprint density at radius 2 is 2.20 bits per heavy atom. The van der Waals surface area contributed by atoms with Crippen LogP contribution in [0, 0.1) is 5.82 Å². The molecule has 0 radical (unpaired) electrons. The smallest absolute Gasteiger partial charge is 0.330 e. The SMILES string of the molecule is COC(=O)/C=C/c1ccc(C=O)cc1F. The van der Waals surface area contributed by atoms with Crippen molar-refractivity contribution in [2.24, 2.45) is 0 Å². The van der Waals surface area contributed by atoms with Crippen molar-refractivity contribution < 1.29 is 18.7 Å². The molecule has 0 bridgehead atoms. The highest BCUT2D eigenvalue weighted by Crippen LogP contribution is 2.11. The van der Waals surface area contributed by atoms with Crippen LogP contribution in [0.2, 0.25) is 0 Å². The second-order valence-corrected chi connectivity index (χ2v) is 2.76. The minimum absolute atomic E-state index is 0.228. The molecular weight excluding hydrogens is 199 g/mol. The summed E-state index contributed by atoms with van der Waals surface area (Å²) in [5.74, 6) is -1.12. The van der Waals surface area contributed by atoms with Gasteiger partial charge in [0.1, 0.15) is 12.1 Å². The molecule has 4 heteroatoms. The molecule has 0 atom stereocenters. The predicted octanol–water partition coefficient (Wildman–Crippen LogP) is 1.82. The van der Waals surface area contributed by atoms with Gasteiger partial charge in [0.05, 0.1) is 7.11 Å². The van der Waals surface area contributed by atoms with Crippen LogP contribution in [0.5, 0.6) is 0 Å². The second-order valence-electron chi connectivity index (χ2n) is 2.76. The average Bonchev–Trinajstić information content (AvgIpc) is 2.26. The molecule has 0 aromatic heterocycles. The second kappa shape index (κ2) is 5.05. The highest BCUT2D eigenvalue weighted by molar-refractivity contribution is 5.87. The number of aldehydes is 1. The molecular formula is C11H9FO3. The lowest BCUT2D eigenvalue weighted by molar-refractivity contribution is -0.134. The molecule has 3 nitrogen and oxygen atoms in total. The Labute approximate surface area is 86.2 Å². The van der Waals surface area contributed by atoms with E-state index in [-0.39, 0.29) is 11.1 Å². The Morgan fingerprint density at radius 1 is 1.47 bits per heavy atom. The minimum atomic E-state index is -0.561. The summed E-state index contributed by atoms with van der Waals surface area (Å²) in [4.78, 5) is 21.1. The lowest BCUT2D eigenvalue weighted by Gasteiger charge is -1.97. The first-order valence-corrected chi connectivity index (χ1v) is 4.18. The monoisotopic (exact) mass is 208 g/mol. The van der Waals surface area contributed by atoms with Gasteiger partial charge >= 0.3 is 5.97 Å². The van der Waals surface area contributed by atoms with E-state index in [1.807, 2.05) is 0 Å². The molecule has 0 N–H and O–H groups in total. The van der Waals surface area contributed by atoms with E-state index >= 15 is 0 Å². The number of carbonyl (C=O) groups is 2. The van der Waals surface area contributed by atoms with Gasteiger partial charge in [-0.05, 0) is 12.1 Å². The summed E-state index contributed by atoms with van der Waals surface area (Å²) >= 11 is 0. The Bertz CT molecular complexity index is 410. The molecule has 0 fully saturated rings. The van der Waals surface area contributed by atoms with Crippen molar-refractivity contribution in [2.45, 2.75) is 0 Å². The molecule has 0 unspecified atom stereocenters. The first-order chi connectivity index (χ1) is 7.17. The van der Waals surface area contributed by atoms with Crippen molar-refractivity contribution in [3.05, 3.63) is 41.2 Å². The number of esters is 1. The Hall–Kier alpha value is -1.97. The Morgan fingerprint density at radius 3 is 2.73 bits per heavy atom. The summed E-state index contributed by atoms with van der Waals surface area (Å²) < 4.78 is 17.6. The van der Waals surface area contributed by atoms with Crippen LogP contribution in [0.3, 0.4) is 0 Å². The highest BCUT2D eigenvalue weighted by Gasteiger charge is 2.00. The summed E-state index contributed by atoms with van der Waals surface area (Å²) in [6, 6.07) is 3.98. The van der Waals surface area contributed by atoms with Crippen LogP contribution in [0.25, 0.3) is 6.08 Å². The van der Waals surface area contributed by atoms with Crippen LogP contribution in [0.4, 0.5) is 4.39 Å². The fraction of sp³-hybridized carbons (Fsp3) is 0.0909. The van der Waals surface area contributed by atoms with Gasteiger partial charge in [0, 0.05) is 17.2 Å². The topological polar surface area (TPSA) is 43.4 Å². The number of benzene rings is 1. The summed E-state index contributed by atoms with van der Waals surface area (Å²) in [6.07, 6.45) is 2.95. The zero-order valence-corrected chi connectivity index (χ0v) is 8.07. The van der Waals surface area contributed by atoms with E-state index in [4.69, 9.17) is 0 Å². The fourth-order valence-corrected chi connectivity index (χ4v) is 0.978. The normalized spacial score (nSPS) is 10.3. The number of methoxy groups -OCH3 is 1. The van der Waals surface area contributed by atoms with Gasteiger partial charge in [0.15, 0.2) is 0 Å². The third-order valence-electron chi connectivity index (χ3n) is 1.76. The molecule has 0 amide bonds. The molecule has 1 aromatic rings. The highest BCUT2D eigenvalue weighted by atomic mass is 19.1. The van der Waals surface area contributed by atoms with E-state index < -0.39 is 11.8 Å². The van der Waals surface area contributed by atoms with E-state index in [0.29, 0.717) is 6.29 Å². The number of carbonyl (C=O) groups excluding carboxylic acids is 2. The molecule has 1 rings (SSSR count). The van der Waals surface area contributed by atoms with Crippen molar-refractivity contribution in [2.75, 3.05) is 7.11 Å². The Balaban J connectivity index is 2.91. The molecule has 0 spiro atoms. The molecule has 15 heavy (non-hydrogen) atoms. The maximum Gasteiger partial charge on any atom is 0.330 e. The van der Waals surface area contributed by atoms with Crippen LogP contribution in [0.1, 0.15) is 15.9 Å². The van der Waals surface area contributed by atoms with Crippen LogP contribution in [-0.4, -0.2) is 19.4 Å². The molecule has 0 aliphatic rings. The largest absolute Gasteiger partial charge is 0.466 e. The third kappa shape index (κ3) is 3.02. The number of rotatable bonds is 3. The van der Waals surface area contributed by atoms with Gasteiger partial charge in [-0.3, -0.25) is 4.79 Å². The van der Waals surface area contributed by atoms with Gasteiger partial charge < -0.3 is 4.74 Å². The third-order valence-corrected chi connectivity index (χ3v) is 1.76. The standard InChI is InChI=1S/C11H9FO3/c1-15-11(14)5-4-9-3-2-8(7-13)6-10(9)12/h2-7H,1H3/b5-4+. The van der Waals surface area contributed by atoms with Gasteiger partial charge in [-0.2, -0.15) is 0 Å². The predicted molar refractivity (Wildman–Crippen MR) is 52.8 cm³/mol. The first-order valence-electron chi connectivity index (χ1n) is 4.18. The maximum atomic E-state index is 13.2. The lowest BCUT2D eigenvalue weighted by Crippen LogP contribution is -1.94. The summed E-state index contributed by atoms with van der Waals surface area (Å²) in [7, 11) is 1.23. The number of hydrogen-bond acceptors (Lipinski definition) is 3. The van der Waals surface area contributed by atoms with Gasteiger partial charge in [0.2, 0.25) is 0 Å². The lowest BCUT2D eigenvalue weighted by atomic mass is 10.1. The quantitative estimate of drug-likeness (QED) is 0.432. The van der Waals surface area contributed by atoms with Crippen molar-refractivity contribution in [3.63, 3.8) is 0 Å². The summed E-state index contributed by atoms with van der Waals surface area (Å²) in [5.41, 5.74) is 0.480. The van der Waals surface area contributed by atoms with Crippen molar-refractivity contribution >= 4 is 18.3 Å². The summed E-state index contributed by atoms with van der Waals surface area (Å²) in [6.45, 7) is 0. The van der Waals surface area contributed by atoms with Crippen molar-refractivity contribution in [1.82, 2.24) is 0 Å². The van der Waals surface area contributed by atoms with Crippen molar-refractivity contribution in [1.29, 1.82) is 0 Å². The zero-order chi connectivity index (χ0) is 11.3. The molecule has 0 aliphatic carbocycles. The molecule has 78 valence electrons. The van der Waals surface area contributed by atoms with Crippen LogP contribution >= 0.6 is 0 Å². The van der Waals surface area contributed by atoms with E-state index in [0.717, 1.165) is 12.1 Å². The number of halogens is 1. The van der Waals surface area contributed by atoms with E-state index in [1.165, 1.54) is 25.3 Å². The summed E-state index contributed by atoms with van der Waals surface area (Å²) in [5, 5.41) is 0. The van der Waals surface area contributed by atoms with Gasteiger partial charge in [0.25, 0.3) is 0 Å². The maximum absolute atomic E-state index is 13.2. The number of ether oxygens (including phenoxy) is 1. The Kier molecular flexibility index (Phi) is 3.74. The van der Waals surface area contributed by atoms with E-state index in [2.05, 4.69) is 4.74 Å². The van der Waals surface area contributed by atoms with E-state index in [9.17, 15) is 14.0 Å². The van der Waals surface area contributed by atoms with Crippen LogP contribution < -0.4 is 0 Å². The molecule has 0 saturated carbocycles. The molecule has 1 aromatic carbocycles. The zero-order valence-electron chi connectivity index (χ0n) is 8.07. The van der Waals surface area contributed by atoms with Crippen molar-refractivity contribution in [3.8, 4) is 0 Å². The van der Waals surface area contributed by atoms with Gasteiger partial charge in [-0.15, -0.1) is 0 Å². The molecule has 0 aliphatic heterocycles. The number of hydrogen-bond donors (Lipinski definition) is 0. The van der Waals surface area contributed by atoms with Gasteiger partial charge in [-0.1, -0.05) is 12.1 Å². The first kappa shape index (κ1) is 11.1. The van der Waals surface area contributed by atoms with Crippen LogP contribution in [0.15, 0.2) is 24.3 Å².